The van der Waals surface area contributed by atoms with Gasteiger partial charge in [0, 0.05) is 30.1 Å². The highest BCUT2D eigenvalue weighted by molar-refractivity contribution is 7.18. The summed E-state index contributed by atoms with van der Waals surface area (Å²) in [6, 6.07) is 3.47. The molecule has 0 bridgehead atoms. The van der Waals surface area contributed by atoms with Crippen molar-refractivity contribution in [2.75, 3.05) is 18.4 Å². The van der Waals surface area contributed by atoms with Crippen LogP contribution in [-0.4, -0.2) is 40.0 Å². The predicted octanol–water partition coefficient (Wildman–Crippen LogP) is 3.30. The molecule has 1 aliphatic heterocycles. The number of nitrogens with zero attached hydrogens (tertiary/aromatic N) is 3. The van der Waals surface area contributed by atoms with Crippen molar-refractivity contribution in [1.29, 1.82) is 0 Å². The van der Waals surface area contributed by atoms with E-state index in [1.165, 1.54) is 30.7 Å². The molecule has 6 heteroatoms. The minimum atomic E-state index is 0.332. The number of hydrogen-bond acceptors (Lipinski definition) is 5. The van der Waals surface area contributed by atoms with Crippen LogP contribution in [0.2, 0.25) is 5.28 Å². The van der Waals surface area contributed by atoms with Crippen molar-refractivity contribution in [2.45, 2.75) is 38.3 Å². The second-order valence-electron chi connectivity index (χ2n) is 5.77. The number of aryl methyl sites for hydroxylation is 1. The van der Waals surface area contributed by atoms with E-state index in [1.807, 2.05) is 0 Å². The Bertz CT molecular complexity index is 652. The van der Waals surface area contributed by atoms with Gasteiger partial charge in [0.1, 0.15) is 10.6 Å². The first-order chi connectivity index (χ1) is 9.69. The van der Waals surface area contributed by atoms with Gasteiger partial charge in [0.05, 0.1) is 5.39 Å². The molecule has 4 rings (SSSR count). The van der Waals surface area contributed by atoms with Gasteiger partial charge in [0.2, 0.25) is 5.28 Å². The van der Waals surface area contributed by atoms with E-state index in [-0.39, 0.29) is 0 Å². The lowest BCUT2D eigenvalue weighted by Crippen LogP contribution is -2.28. The lowest BCUT2D eigenvalue weighted by atomic mass is 10.2. The van der Waals surface area contributed by atoms with Crippen molar-refractivity contribution < 1.29 is 0 Å². The normalized spacial score (nSPS) is 23.6. The average molecular weight is 309 g/mol. The number of nitrogens with one attached hydrogen (secondary N) is 1. The van der Waals surface area contributed by atoms with Gasteiger partial charge in [-0.05, 0) is 43.9 Å². The van der Waals surface area contributed by atoms with Crippen molar-refractivity contribution in [3.05, 3.63) is 16.2 Å². The maximum atomic E-state index is 6.04. The molecule has 1 N–H and O–H groups in total. The lowest BCUT2D eigenvalue weighted by molar-refractivity contribution is 0.326. The Labute approximate surface area is 127 Å². The van der Waals surface area contributed by atoms with Crippen LogP contribution in [0.4, 0.5) is 5.82 Å². The highest BCUT2D eigenvalue weighted by Crippen LogP contribution is 2.33. The molecule has 1 saturated carbocycles. The van der Waals surface area contributed by atoms with E-state index in [2.05, 4.69) is 33.2 Å². The number of likely N-dealkylation sites (tertiary alicyclic amines) is 1. The van der Waals surface area contributed by atoms with Crippen molar-refractivity contribution >= 4 is 39.0 Å². The molecule has 1 atom stereocenters. The van der Waals surface area contributed by atoms with Crippen LogP contribution in [0.25, 0.3) is 10.2 Å². The molecule has 0 amide bonds. The summed E-state index contributed by atoms with van der Waals surface area (Å²) in [6.45, 7) is 4.41. The summed E-state index contributed by atoms with van der Waals surface area (Å²) in [5.74, 6) is 0.895. The van der Waals surface area contributed by atoms with Gasteiger partial charge < -0.3 is 5.32 Å². The molecule has 1 unspecified atom stereocenters. The van der Waals surface area contributed by atoms with Crippen molar-refractivity contribution in [2.24, 2.45) is 0 Å². The third kappa shape index (κ3) is 2.38. The van der Waals surface area contributed by atoms with Crippen LogP contribution >= 0.6 is 22.9 Å². The van der Waals surface area contributed by atoms with Gasteiger partial charge in [-0.25, -0.2) is 9.97 Å². The Balaban J connectivity index is 1.58. The Morgan fingerprint density at radius 2 is 2.20 bits per heavy atom. The van der Waals surface area contributed by atoms with E-state index in [4.69, 9.17) is 11.6 Å². The van der Waals surface area contributed by atoms with Gasteiger partial charge in [-0.15, -0.1) is 11.3 Å². The Morgan fingerprint density at radius 1 is 1.35 bits per heavy atom. The molecule has 20 heavy (non-hydrogen) atoms. The standard InChI is InChI=1S/C14H17ClN4S/c1-8-6-11-12(17-14(15)18-13(11)20-8)16-9-4-5-19(7-9)10-2-3-10/h6,9-10H,2-5,7H2,1H3,(H,16,17,18). The highest BCUT2D eigenvalue weighted by Gasteiger charge is 2.34. The number of aromatic nitrogens is 2. The zero-order valence-electron chi connectivity index (χ0n) is 11.4. The molecule has 2 aromatic rings. The summed E-state index contributed by atoms with van der Waals surface area (Å²) >= 11 is 7.71. The fourth-order valence-corrected chi connectivity index (χ4v) is 4.09. The third-order valence-electron chi connectivity index (χ3n) is 4.11. The van der Waals surface area contributed by atoms with Crippen LogP contribution in [0, 0.1) is 6.92 Å². The summed E-state index contributed by atoms with van der Waals surface area (Å²) in [5.41, 5.74) is 0. The summed E-state index contributed by atoms with van der Waals surface area (Å²) in [6.07, 6.45) is 3.93. The summed E-state index contributed by atoms with van der Waals surface area (Å²) in [4.78, 5) is 13.5. The second kappa shape index (κ2) is 4.83. The Hall–Kier alpha value is -0.910. The number of halogens is 1. The molecule has 1 aliphatic carbocycles. The molecule has 2 fully saturated rings. The first-order valence-electron chi connectivity index (χ1n) is 7.13. The van der Waals surface area contributed by atoms with Gasteiger partial charge in [0.25, 0.3) is 0 Å². The molecule has 0 aromatic carbocycles. The fraction of sp³-hybridized carbons (Fsp3) is 0.571. The fourth-order valence-electron chi connectivity index (χ4n) is 3.00. The number of thiophene rings is 1. The number of rotatable bonds is 3. The van der Waals surface area contributed by atoms with Crippen LogP contribution in [0.3, 0.4) is 0 Å². The van der Waals surface area contributed by atoms with E-state index in [0.717, 1.165) is 28.6 Å². The first kappa shape index (κ1) is 12.8. The molecule has 1 saturated heterocycles. The maximum absolute atomic E-state index is 6.04. The predicted molar refractivity (Wildman–Crippen MR) is 83.8 cm³/mol. The minimum absolute atomic E-state index is 0.332. The zero-order chi connectivity index (χ0) is 13.7. The lowest BCUT2D eigenvalue weighted by Gasteiger charge is -2.16. The third-order valence-corrected chi connectivity index (χ3v) is 5.23. The molecule has 0 radical (unpaired) electrons. The molecular weight excluding hydrogens is 292 g/mol. The minimum Gasteiger partial charge on any atom is -0.365 e. The maximum Gasteiger partial charge on any atom is 0.225 e. The van der Waals surface area contributed by atoms with E-state index < -0.39 is 0 Å². The quantitative estimate of drug-likeness (QED) is 0.883. The molecule has 4 nitrogen and oxygen atoms in total. The van der Waals surface area contributed by atoms with Gasteiger partial charge in [0.15, 0.2) is 0 Å². The smallest absolute Gasteiger partial charge is 0.225 e. The van der Waals surface area contributed by atoms with Gasteiger partial charge >= 0.3 is 0 Å². The van der Waals surface area contributed by atoms with E-state index in [1.54, 1.807) is 11.3 Å². The van der Waals surface area contributed by atoms with Crippen LogP contribution in [0.5, 0.6) is 0 Å². The molecule has 2 aliphatic rings. The van der Waals surface area contributed by atoms with Crippen molar-refractivity contribution in [3.8, 4) is 0 Å². The van der Waals surface area contributed by atoms with E-state index >= 15 is 0 Å². The van der Waals surface area contributed by atoms with Crippen LogP contribution < -0.4 is 5.32 Å². The average Bonchev–Trinajstić information content (AvgIpc) is 3.03. The zero-order valence-corrected chi connectivity index (χ0v) is 13.0. The molecule has 3 heterocycles. The van der Waals surface area contributed by atoms with E-state index in [9.17, 15) is 0 Å². The SMILES string of the molecule is Cc1cc2c(NC3CCN(C4CC4)C3)nc(Cl)nc2s1. The number of anilines is 1. The first-order valence-corrected chi connectivity index (χ1v) is 8.33. The van der Waals surface area contributed by atoms with Crippen LogP contribution in [0.15, 0.2) is 6.07 Å². The van der Waals surface area contributed by atoms with Crippen molar-refractivity contribution in [3.63, 3.8) is 0 Å². The summed E-state index contributed by atoms with van der Waals surface area (Å²) < 4.78 is 0. The topological polar surface area (TPSA) is 41.0 Å². The monoisotopic (exact) mass is 308 g/mol. The Morgan fingerprint density at radius 3 is 3.00 bits per heavy atom. The van der Waals surface area contributed by atoms with Crippen LogP contribution in [-0.2, 0) is 0 Å². The van der Waals surface area contributed by atoms with Gasteiger partial charge in [-0.1, -0.05) is 0 Å². The highest BCUT2D eigenvalue weighted by atomic mass is 35.5. The molecule has 2 aromatic heterocycles. The number of fused-ring (bicyclic) bond motifs is 1. The van der Waals surface area contributed by atoms with E-state index in [0.29, 0.717) is 11.3 Å². The second-order valence-corrected chi connectivity index (χ2v) is 7.35. The van der Waals surface area contributed by atoms with Gasteiger partial charge in [-0.3, -0.25) is 4.90 Å². The number of hydrogen-bond donors (Lipinski definition) is 1. The summed E-state index contributed by atoms with van der Waals surface area (Å²) in [5, 5.41) is 5.01. The molecule has 0 spiro atoms. The summed E-state index contributed by atoms with van der Waals surface area (Å²) in [7, 11) is 0. The Kier molecular flexibility index (Phi) is 3.09. The molecule has 106 valence electrons. The molecular formula is C14H17ClN4S. The largest absolute Gasteiger partial charge is 0.365 e. The van der Waals surface area contributed by atoms with Crippen molar-refractivity contribution in [1.82, 2.24) is 14.9 Å². The van der Waals surface area contributed by atoms with Crippen LogP contribution in [0.1, 0.15) is 24.1 Å². The van der Waals surface area contributed by atoms with Gasteiger partial charge in [-0.2, -0.15) is 0 Å².